The van der Waals surface area contributed by atoms with Gasteiger partial charge in [-0.05, 0) is 63.9 Å². The van der Waals surface area contributed by atoms with Crippen LogP contribution in [0, 0.1) is 5.92 Å². The lowest BCUT2D eigenvalue weighted by atomic mass is 9.85. The Balaban J connectivity index is 1.76. The van der Waals surface area contributed by atoms with E-state index in [0.29, 0.717) is 0 Å². The van der Waals surface area contributed by atoms with Gasteiger partial charge in [0.25, 0.3) is 0 Å². The second-order valence-corrected chi connectivity index (χ2v) is 8.33. The maximum absolute atomic E-state index is 12.7. The molecule has 3 aromatic rings. The fourth-order valence-corrected chi connectivity index (χ4v) is 4.59. The van der Waals surface area contributed by atoms with Crippen molar-refractivity contribution in [2.45, 2.75) is 31.7 Å². The molecule has 1 aliphatic rings. The van der Waals surface area contributed by atoms with E-state index in [1.165, 1.54) is 12.8 Å². The number of aromatic amines is 1. The molecule has 1 aliphatic carbocycles. The summed E-state index contributed by atoms with van der Waals surface area (Å²) < 4.78 is 2.99. The van der Waals surface area contributed by atoms with Crippen LogP contribution in [0.5, 0.6) is 0 Å². The van der Waals surface area contributed by atoms with Crippen molar-refractivity contribution in [2.75, 3.05) is 20.6 Å². The second-order valence-electron chi connectivity index (χ2n) is 7.42. The van der Waals surface area contributed by atoms with E-state index < -0.39 is 0 Å². The van der Waals surface area contributed by atoms with E-state index in [-0.39, 0.29) is 11.7 Å². The van der Waals surface area contributed by atoms with Crippen LogP contribution in [0.1, 0.15) is 31.7 Å². The fraction of sp³-hybridized carbons (Fsp3) is 0.474. The third-order valence-electron chi connectivity index (χ3n) is 5.31. The molecule has 2 aromatic heterocycles. The van der Waals surface area contributed by atoms with Gasteiger partial charge in [-0.2, -0.15) is 0 Å². The summed E-state index contributed by atoms with van der Waals surface area (Å²) in [6.07, 6.45) is 6.25. The number of fused-ring (bicyclic) bond motifs is 3. The molecular weight excluding hydrogens is 380 g/mol. The van der Waals surface area contributed by atoms with Gasteiger partial charge in [-0.25, -0.2) is 4.79 Å². The van der Waals surface area contributed by atoms with Gasteiger partial charge >= 0.3 is 5.69 Å². The normalized spacial score (nSPS) is 21.4. The summed E-state index contributed by atoms with van der Waals surface area (Å²) in [6.45, 7) is 1.13. The number of aromatic nitrogens is 3. The van der Waals surface area contributed by atoms with Crippen molar-refractivity contribution in [3.05, 3.63) is 39.4 Å². The average molecular weight is 403 g/mol. The molecule has 0 bridgehead atoms. The van der Waals surface area contributed by atoms with Crippen LogP contribution in [0.15, 0.2) is 33.7 Å². The van der Waals surface area contributed by atoms with Crippen molar-refractivity contribution in [3.8, 4) is 0 Å². The van der Waals surface area contributed by atoms with Gasteiger partial charge in [-0.3, -0.25) is 9.55 Å². The number of halogens is 1. The summed E-state index contributed by atoms with van der Waals surface area (Å²) in [5, 5.41) is 1.03. The van der Waals surface area contributed by atoms with Crippen molar-refractivity contribution < 1.29 is 0 Å². The van der Waals surface area contributed by atoms with Gasteiger partial charge < -0.3 is 9.88 Å². The zero-order valence-corrected chi connectivity index (χ0v) is 16.2. The van der Waals surface area contributed by atoms with Crippen molar-refractivity contribution in [2.24, 2.45) is 5.92 Å². The lowest BCUT2D eigenvalue weighted by molar-refractivity contribution is 0.224. The Labute approximate surface area is 155 Å². The number of hydrogen-bond acceptors (Lipinski definition) is 3. The summed E-state index contributed by atoms with van der Waals surface area (Å²) >= 11 is 3.55. The van der Waals surface area contributed by atoms with E-state index in [1.807, 2.05) is 16.7 Å². The molecule has 0 atom stereocenters. The van der Waals surface area contributed by atoms with Crippen LogP contribution >= 0.6 is 15.9 Å². The van der Waals surface area contributed by atoms with Crippen LogP contribution < -0.4 is 5.69 Å². The molecule has 132 valence electrons. The van der Waals surface area contributed by atoms with Gasteiger partial charge in [0.15, 0.2) is 0 Å². The highest BCUT2D eigenvalue weighted by atomic mass is 79.9. The standard InChI is InChI=1S/C19H23BrN4O/c1-23(2)11-12-3-6-14(7-4-12)24-18-15-9-13(20)5-8-16(15)21-10-17(18)22-19(24)25/h5,8-10,12,14H,3-4,6-7,11H2,1-2H3,(H,22,25)/t12-,14-. The SMILES string of the molecule is CN(C)C[C@H]1CC[C@H](n2c(=O)[nH]c3cnc4ccc(Br)cc4c32)CC1. The molecule has 5 nitrogen and oxygen atoms in total. The lowest BCUT2D eigenvalue weighted by Crippen LogP contribution is -2.30. The predicted molar refractivity (Wildman–Crippen MR) is 105 cm³/mol. The summed E-state index contributed by atoms with van der Waals surface area (Å²) in [5.41, 5.74) is 2.73. The number of imidazole rings is 1. The molecule has 0 saturated heterocycles. The maximum atomic E-state index is 12.7. The van der Waals surface area contributed by atoms with Crippen LogP contribution in [-0.4, -0.2) is 40.1 Å². The van der Waals surface area contributed by atoms with Gasteiger partial charge in [-0.1, -0.05) is 15.9 Å². The first-order chi connectivity index (χ1) is 12.0. The van der Waals surface area contributed by atoms with Crippen molar-refractivity contribution >= 4 is 37.9 Å². The van der Waals surface area contributed by atoms with Crippen molar-refractivity contribution in [3.63, 3.8) is 0 Å². The van der Waals surface area contributed by atoms with Crippen LogP contribution in [0.3, 0.4) is 0 Å². The maximum Gasteiger partial charge on any atom is 0.326 e. The Bertz CT molecular complexity index is 967. The molecule has 2 heterocycles. The van der Waals surface area contributed by atoms with Gasteiger partial charge in [0.05, 0.1) is 22.7 Å². The van der Waals surface area contributed by atoms with E-state index in [0.717, 1.165) is 51.7 Å². The van der Waals surface area contributed by atoms with Crippen molar-refractivity contribution in [1.29, 1.82) is 0 Å². The molecule has 1 N–H and O–H groups in total. The minimum Gasteiger partial charge on any atom is -0.309 e. The third kappa shape index (κ3) is 3.13. The van der Waals surface area contributed by atoms with Gasteiger partial charge in [0, 0.05) is 22.4 Å². The molecule has 1 saturated carbocycles. The molecule has 0 unspecified atom stereocenters. The molecule has 6 heteroatoms. The minimum absolute atomic E-state index is 0.0136. The monoisotopic (exact) mass is 402 g/mol. The molecule has 0 aliphatic heterocycles. The number of H-pyrrole nitrogens is 1. The average Bonchev–Trinajstić information content (AvgIpc) is 2.91. The fourth-order valence-electron chi connectivity index (χ4n) is 4.23. The Kier molecular flexibility index (Phi) is 4.41. The number of rotatable bonds is 3. The van der Waals surface area contributed by atoms with Gasteiger partial charge in [0.2, 0.25) is 0 Å². The summed E-state index contributed by atoms with van der Waals surface area (Å²) in [4.78, 5) is 22.4. The van der Waals surface area contributed by atoms with Crippen LogP contribution in [0.4, 0.5) is 0 Å². The third-order valence-corrected chi connectivity index (χ3v) is 5.80. The second kappa shape index (κ2) is 6.57. The highest BCUT2D eigenvalue weighted by Gasteiger charge is 2.26. The first-order valence-electron chi connectivity index (χ1n) is 8.86. The Morgan fingerprint density at radius 1 is 1.28 bits per heavy atom. The Morgan fingerprint density at radius 2 is 2.04 bits per heavy atom. The van der Waals surface area contributed by atoms with E-state index >= 15 is 0 Å². The quantitative estimate of drug-likeness (QED) is 0.721. The minimum atomic E-state index is -0.0136. The smallest absolute Gasteiger partial charge is 0.309 e. The molecule has 0 spiro atoms. The molecule has 25 heavy (non-hydrogen) atoms. The number of nitrogens with one attached hydrogen (secondary N) is 1. The first kappa shape index (κ1) is 16.8. The van der Waals surface area contributed by atoms with E-state index in [2.05, 4.69) is 51.0 Å². The summed E-state index contributed by atoms with van der Waals surface area (Å²) in [5.74, 6) is 0.736. The number of nitrogens with zero attached hydrogens (tertiary/aromatic N) is 3. The molecule has 0 radical (unpaired) electrons. The van der Waals surface area contributed by atoms with Crippen LogP contribution in [0.2, 0.25) is 0 Å². The number of pyridine rings is 1. The number of hydrogen-bond donors (Lipinski definition) is 1. The largest absolute Gasteiger partial charge is 0.326 e. The molecular formula is C19H23BrN4O. The highest BCUT2D eigenvalue weighted by Crippen LogP contribution is 2.35. The summed E-state index contributed by atoms with van der Waals surface area (Å²) in [7, 11) is 4.26. The van der Waals surface area contributed by atoms with E-state index in [1.54, 1.807) is 6.20 Å². The highest BCUT2D eigenvalue weighted by molar-refractivity contribution is 9.10. The molecule has 1 fully saturated rings. The number of benzene rings is 1. The zero-order valence-electron chi connectivity index (χ0n) is 14.6. The van der Waals surface area contributed by atoms with Crippen LogP contribution in [0.25, 0.3) is 21.9 Å². The van der Waals surface area contributed by atoms with Crippen LogP contribution in [-0.2, 0) is 0 Å². The summed E-state index contributed by atoms with van der Waals surface area (Å²) in [6, 6.07) is 6.31. The molecule has 4 rings (SSSR count). The van der Waals surface area contributed by atoms with Crippen molar-refractivity contribution in [1.82, 2.24) is 19.4 Å². The zero-order chi connectivity index (χ0) is 17.6. The lowest BCUT2D eigenvalue weighted by Gasteiger charge is -2.31. The Morgan fingerprint density at radius 3 is 2.76 bits per heavy atom. The Hall–Kier alpha value is -1.66. The molecule has 1 aromatic carbocycles. The molecule has 0 amide bonds. The first-order valence-corrected chi connectivity index (χ1v) is 9.65. The van der Waals surface area contributed by atoms with E-state index in [9.17, 15) is 4.79 Å². The van der Waals surface area contributed by atoms with E-state index in [4.69, 9.17) is 0 Å². The topological polar surface area (TPSA) is 53.9 Å². The van der Waals surface area contributed by atoms with Gasteiger partial charge in [-0.15, -0.1) is 0 Å². The predicted octanol–water partition coefficient (Wildman–Crippen LogP) is 3.93. The van der Waals surface area contributed by atoms with Gasteiger partial charge in [0.1, 0.15) is 0 Å².